The largest absolute Gasteiger partial charge is 0.396 e. The van der Waals surface area contributed by atoms with Crippen LogP contribution in [0.2, 0.25) is 5.15 Å². The number of aliphatic hydroxyl groups is 1. The molecule has 0 saturated heterocycles. The van der Waals surface area contributed by atoms with Crippen molar-refractivity contribution in [3.05, 3.63) is 23.2 Å². The lowest BCUT2D eigenvalue weighted by atomic mass is 10.4. The first-order valence-corrected chi connectivity index (χ1v) is 5.19. The van der Waals surface area contributed by atoms with E-state index >= 15 is 0 Å². The van der Waals surface area contributed by atoms with E-state index in [0.29, 0.717) is 11.6 Å². The van der Waals surface area contributed by atoms with Crippen molar-refractivity contribution in [3.63, 3.8) is 0 Å². The maximum Gasteiger partial charge on any atom is 0.145 e. The van der Waals surface area contributed by atoms with Crippen molar-refractivity contribution >= 4 is 22.6 Å². The van der Waals surface area contributed by atoms with Gasteiger partial charge in [0.25, 0.3) is 0 Å². The number of fused-ring (bicyclic) bond motifs is 1. The van der Waals surface area contributed by atoms with E-state index in [-0.39, 0.29) is 6.61 Å². The summed E-state index contributed by atoms with van der Waals surface area (Å²) in [6.07, 6.45) is 2.17. The zero-order chi connectivity index (χ0) is 10.8. The van der Waals surface area contributed by atoms with Gasteiger partial charge in [0.05, 0.1) is 5.39 Å². The Labute approximate surface area is 92.5 Å². The smallest absolute Gasteiger partial charge is 0.145 e. The van der Waals surface area contributed by atoms with Crippen molar-refractivity contribution in [2.75, 3.05) is 6.61 Å². The SMILES string of the molecule is Cc1cc2c(Cl)ncnc2n1CCCO. The van der Waals surface area contributed by atoms with Gasteiger partial charge in [-0.3, -0.25) is 0 Å². The van der Waals surface area contributed by atoms with Crippen LogP contribution in [0.1, 0.15) is 12.1 Å². The Kier molecular flexibility index (Phi) is 2.88. The van der Waals surface area contributed by atoms with Crippen molar-refractivity contribution in [2.45, 2.75) is 19.9 Å². The fourth-order valence-electron chi connectivity index (χ4n) is 1.67. The molecule has 2 heterocycles. The summed E-state index contributed by atoms with van der Waals surface area (Å²) in [5, 5.41) is 10.2. The van der Waals surface area contributed by atoms with Gasteiger partial charge in [0.15, 0.2) is 0 Å². The average molecular weight is 226 g/mol. The second-order valence-corrected chi connectivity index (χ2v) is 3.77. The molecule has 0 aliphatic rings. The van der Waals surface area contributed by atoms with Crippen LogP contribution >= 0.6 is 11.6 Å². The van der Waals surface area contributed by atoms with Gasteiger partial charge in [-0.15, -0.1) is 0 Å². The Bertz CT molecular complexity index is 481. The Morgan fingerprint density at radius 1 is 1.47 bits per heavy atom. The van der Waals surface area contributed by atoms with Crippen molar-refractivity contribution in [1.82, 2.24) is 14.5 Å². The minimum atomic E-state index is 0.179. The molecule has 0 amide bonds. The van der Waals surface area contributed by atoms with Crippen LogP contribution in [0.3, 0.4) is 0 Å². The molecule has 0 aliphatic carbocycles. The number of aromatic nitrogens is 3. The van der Waals surface area contributed by atoms with Crippen LogP contribution < -0.4 is 0 Å². The molecule has 0 aromatic carbocycles. The lowest BCUT2D eigenvalue weighted by molar-refractivity contribution is 0.280. The molecule has 1 N–H and O–H groups in total. The zero-order valence-electron chi connectivity index (χ0n) is 8.44. The first kappa shape index (κ1) is 10.4. The number of rotatable bonds is 3. The highest BCUT2D eigenvalue weighted by Crippen LogP contribution is 2.23. The molecule has 0 atom stereocenters. The Morgan fingerprint density at radius 2 is 2.27 bits per heavy atom. The fraction of sp³-hybridized carbons (Fsp3) is 0.400. The van der Waals surface area contributed by atoms with Crippen LogP contribution in [0, 0.1) is 6.92 Å². The van der Waals surface area contributed by atoms with E-state index in [0.717, 1.165) is 23.3 Å². The third-order valence-corrected chi connectivity index (χ3v) is 2.69. The Morgan fingerprint density at radius 3 is 3.00 bits per heavy atom. The van der Waals surface area contributed by atoms with Crippen molar-refractivity contribution in [3.8, 4) is 0 Å². The van der Waals surface area contributed by atoms with E-state index in [1.807, 2.05) is 17.6 Å². The summed E-state index contributed by atoms with van der Waals surface area (Å²) in [6.45, 7) is 2.92. The van der Waals surface area contributed by atoms with E-state index in [1.165, 1.54) is 6.33 Å². The summed E-state index contributed by atoms with van der Waals surface area (Å²) < 4.78 is 2.04. The molecule has 0 unspecified atom stereocenters. The monoisotopic (exact) mass is 225 g/mol. The van der Waals surface area contributed by atoms with Gasteiger partial charge in [-0.25, -0.2) is 9.97 Å². The molecule has 0 aliphatic heterocycles. The topological polar surface area (TPSA) is 50.9 Å². The number of hydrogen-bond donors (Lipinski definition) is 1. The predicted octanol–water partition coefficient (Wildman–Crippen LogP) is 1.78. The molecular formula is C10H12ClN3O. The van der Waals surface area contributed by atoms with Crippen LogP contribution in [0.15, 0.2) is 12.4 Å². The molecule has 15 heavy (non-hydrogen) atoms. The van der Waals surface area contributed by atoms with E-state index in [4.69, 9.17) is 16.7 Å². The quantitative estimate of drug-likeness (QED) is 0.811. The van der Waals surface area contributed by atoms with E-state index in [9.17, 15) is 0 Å². The number of aliphatic hydroxyl groups excluding tert-OH is 1. The Balaban J connectivity index is 2.53. The number of hydrogen-bond acceptors (Lipinski definition) is 3. The van der Waals surface area contributed by atoms with E-state index in [2.05, 4.69) is 9.97 Å². The van der Waals surface area contributed by atoms with Gasteiger partial charge in [-0.05, 0) is 19.4 Å². The summed E-state index contributed by atoms with van der Waals surface area (Å²) in [6, 6.07) is 1.97. The fourth-order valence-corrected chi connectivity index (χ4v) is 1.85. The molecule has 4 nitrogen and oxygen atoms in total. The molecule has 80 valence electrons. The van der Waals surface area contributed by atoms with Crippen LogP contribution in [-0.4, -0.2) is 26.2 Å². The van der Waals surface area contributed by atoms with Gasteiger partial charge in [0.2, 0.25) is 0 Å². The van der Waals surface area contributed by atoms with Crippen LogP contribution in [0.4, 0.5) is 0 Å². The van der Waals surface area contributed by atoms with E-state index < -0.39 is 0 Å². The molecule has 0 bridgehead atoms. The lowest BCUT2D eigenvalue weighted by Gasteiger charge is -2.05. The van der Waals surface area contributed by atoms with Crippen molar-refractivity contribution in [2.24, 2.45) is 0 Å². The highest BCUT2D eigenvalue weighted by atomic mass is 35.5. The van der Waals surface area contributed by atoms with E-state index in [1.54, 1.807) is 0 Å². The number of nitrogens with zero attached hydrogens (tertiary/aromatic N) is 3. The number of aryl methyl sites for hydroxylation is 2. The summed E-state index contributed by atoms with van der Waals surface area (Å²) in [7, 11) is 0. The summed E-state index contributed by atoms with van der Waals surface area (Å²) in [4.78, 5) is 8.14. The molecule has 5 heteroatoms. The van der Waals surface area contributed by atoms with Gasteiger partial charge < -0.3 is 9.67 Å². The number of halogens is 1. The molecule has 2 aromatic rings. The first-order valence-electron chi connectivity index (χ1n) is 4.81. The highest BCUT2D eigenvalue weighted by Gasteiger charge is 2.09. The Hall–Kier alpha value is -1.13. The normalized spacial score (nSPS) is 11.1. The van der Waals surface area contributed by atoms with Crippen LogP contribution in [0.25, 0.3) is 11.0 Å². The zero-order valence-corrected chi connectivity index (χ0v) is 9.20. The standard InChI is InChI=1S/C10H12ClN3O/c1-7-5-8-9(11)12-6-13-10(8)14(7)3-2-4-15/h5-6,15H,2-4H2,1H3. The van der Waals surface area contributed by atoms with Gasteiger partial charge in [-0.1, -0.05) is 11.6 Å². The van der Waals surface area contributed by atoms with Crippen molar-refractivity contribution < 1.29 is 5.11 Å². The van der Waals surface area contributed by atoms with Gasteiger partial charge in [-0.2, -0.15) is 0 Å². The lowest BCUT2D eigenvalue weighted by Crippen LogP contribution is -2.02. The molecular weight excluding hydrogens is 214 g/mol. The molecule has 0 fully saturated rings. The van der Waals surface area contributed by atoms with Gasteiger partial charge in [0.1, 0.15) is 17.1 Å². The summed E-state index contributed by atoms with van der Waals surface area (Å²) >= 11 is 5.96. The molecule has 0 spiro atoms. The third-order valence-electron chi connectivity index (χ3n) is 2.39. The maximum atomic E-state index is 8.81. The minimum Gasteiger partial charge on any atom is -0.396 e. The van der Waals surface area contributed by atoms with Gasteiger partial charge >= 0.3 is 0 Å². The average Bonchev–Trinajstić information content (AvgIpc) is 2.54. The second kappa shape index (κ2) is 4.16. The van der Waals surface area contributed by atoms with Crippen LogP contribution in [0.5, 0.6) is 0 Å². The van der Waals surface area contributed by atoms with Crippen molar-refractivity contribution in [1.29, 1.82) is 0 Å². The van der Waals surface area contributed by atoms with Gasteiger partial charge in [0, 0.05) is 18.8 Å². The third kappa shape index (κ3) is 1.82. The first-order chi connectivity index (χ1) is 7.24. The highest BCUT2D eigenvalue weighted by molar-refractivity contribution is 6.33. The second-order valence-electron chi connectivity index (χ2n) is 3.42. The summed E-state index contributed by atoms with van der Waals surface area (Å²) in [5.74, 6) is 0. The minimum absolute atomic E-state index is 0.179. The molecule has 0 radical (unpaired) electrons. The predicted molar refractivity (Wildman–Crippen MR) is 59.0 cm³/mol. The molecule has 0 saturated carbocycles. The summed E-state index contributed by atoms with van der Waals surface area (Å²) in [5.41, 5.74) is 1.92. The maximum absolute atomic E-state index is 8.81. The molecule has 2 rings (SSSR count). The van der Waals surface area contributed by atoms with Crippen LogP contribution in [-0.2, 0) is 6.54 Å². The molecule has 2 aromatic heterocycles.